The van der Waals surface area contributed by atoms with E-state index in [0.29, 0.717) is 6.04 Å². The molecule has 1 fully saturated rings. The van der Waals surface area contributed by atoms with Gasteiger partial charge in [0.2, 0.25) is 0 Å². The van der Waals surface area contributed by atoms with Crippen LogP contribution in [0.1, 0.15) is 68.5 Å². The molecular formula is C17H29N3S. The van der Waals surface area contributed by atoms with E-state index in [9.17, 15) is 0 Å². The average molecular weight is 308 g/mol. The van der Waals surface area contributed by atoms with Crippen molar-refractivity contribution in [1.82, 2.24) is 10.3 Å². The third kappa shape index (κ3) is 3.59. The Morgan fingerprint density at radius 2 is 2.00 bits per heavy atom. The number of thiazole rings is 1. The molecule has 118 valence electrons. The van der Waals surface area contributed by atoms with E-state index in [0.717, 1.165) is 12.5 Å². The molecule has 1 saturated carbocycles. The fraction of sp³-hybridized carbons (Fsp3) is 0.824. The maximum Gasteiger partial charge on any atom is 0.185 e. The SMILES string of the molecule is CCNC1CCCc2sc(N(C)CC3CCCCC3)nc21. The number of anilines is 1. The maximum atomic E-state index is 5.00. The molecule has 0 radical (unpaired) electrons. The molecule has 0 aliphatic heterocycles. The highest BCUT2D eigenvalue weighted by Crippen LogP contribution is 2.37. The van der Waals surface area contributed by atoms with Crippen molar-refractivity contribution in [1.29, 1.82) is 0 Å². The quantitative estimate of drug-likeness (QED) is 0.886. The van der Waals surface area contributed by atoms with Crippen molar-refractivity contribution in [2.24, 2.45) is 5.92 Å². The Morgan fingerprint density at radius 1 is 1.19 bits per heavy atom. The van der Waals surface area contributed by atoms with Gasteiger partial charge in [0.05, 0.1) is 11.7 Å². The molecular weight excluding hydrogens is 278 g/mol. The topological polar surface area (TPSA) is 28.2 Å². The zero-order valence-corrected chi connectivity index (χ0v) is 14.3. The smallest absolute Gasteiger partial charge is 0.185 e. The van der Waals surface area contributed by atoms with Crippen molar-refractivity contribution in [3.05, 3.63) is 10.6 Å². The molecule has 3 nitrogen and oxygen atoms in total. The van der Waals surface area contributed by atoms with E-state index in [1.54, 1.807) is 0 Å². The van der Waals surface area contributed by atoms with Gasteiger partial charge in [-0.25, -0.2) is 4.98 Å². The molecule has 1 unspecified atom stereocenters. The summed E-state index contributed by atoms with van der Waals surface area (Å²) in [4.78, 5) is 8.94. The summed E-state index contributed by atoms with van der Waals surface area (Å²) in [6, 6.07) is 0.492. The van der Waals surface area contributed by atoms with Gasteiger partial charge in [0.1, 0.15) is 0 Å². The molecule has 2 aliphatic rings. The fourth-order valence-corrected chi connectivity index (χ4v) is 4.98. The molecule has 21 heavy (non-hydrogen) atoms. The Hall–Kier alpha value is -0.610. The Bertz CT molecular complexity index is 451. The summed E-state index contributed by atoms with van der Waals surface area (Å²) >= 11 is 1.94. The zero-order valence-electron chi connectivity index (χ0n) is 13.5. The van der Waals surface area contributed by atoms with Crippen molar-refractivity contribution < 1.29 is 0 Å². The van der Waals surface area contributed by atoms with E-state index in [2.05, 4.69) is 24.2 Å². The van der Waals surface area contributed by atoms with Crippen LogP contribution in [0.15, 0.2) is 0 Å². The van der Waals surface area contributed by atoms with Gasteiger partial charge in [-0.05, 0) is 44.6 Å². The summed E-state index contributed by atoms with van der Waals surface area (Å²) in [5, 5.41) is 4.85. The molecule has 3 rings (SSSR count). The van der Waals surface area contributed by atoms with Crippen LogP contribution in [-0.2, 0) is 6.42 Å². The van der Waals surface area contributed by atoms with Crippen molar-refractivity contribution in [3.63, 3.8) is 0 Å². The highest BCUT2D eigenvalue weighted by Gasteiger charge is 2.25. The molecule has 4 heteroatoms. The molecule has 0 bridgehead atoms. The van der Waals surface area contributed by atoms with E-state index < -0.39 is 0 Å². The lowest BCUT2D eigenvalue weighted by molar-refractivity contribution is 0.362. The van der Waals surface area contributed by atoms with Gasteiger partial charge in [0, 0.05) is 18.5 Å². The first-order valence-electron chi connectivity index (χ1n) is 8.72. The van der Waals surface area contributed by atoms with Gasteiger partial charge in [-0.1, -0.05) is 26.2 Å². The summed E-state index contributed by atoms with van der Waals surface area (Å²) in [5.74, 6) is 0.884. The second-order valence-electron chi connectivity index (χ2n) is 6.69. The highest BCUT2D eigenvalue weighted by molar-refractivity contribution is 7.15. The minimum Gasteiger partial charge on any atom is -0.351 e. The van der Waals surface area contributed by atoms with Crippen molar-refractivity contribution >= 4 is 16.5 Å². The van der Waals surface area contributed by atoms with Crippen LogP contribution < -0.4 is 10.2 Å². The van der Waals surface area contributed by atoms with Crippen LogP contribution >= 0.6 is 11.3 Å². The molecule has 1 atom stereocenters. The maximum absolute atomic E-state index is 5.00. The summed E-state index contributed by atoms with van der Waals surface area (Å²) in [7, 11) is 2.24. The predicted octanol–water partition coefficient (Wildman–Crippen LogP) is 4.15. The molecule has 0 saturated heterocycles. The van der Waals surface area contributed by atoms with Crippen LogP contribution in [0.4, 0.5) is 5.13 Å². The molecule has 1 heterocycles. The Labute approximate surface area is 133 Å². The Balaban J connectivity index is 1.67. The van der Waals surface area contributed by atoms with E-state index in [1.807, 2.05) is 11.3 Å². The van der Waals surface area contributed by atoms with E-state index in [-0.39, 0.29) is 0 Å². The minimum absolute atomic E-state index is 0.492. The van der Waals surface area contributed by atoms with Gasteiger partial charge in [-0.2, -0.15) is 0 Å². The minimum atomic E-state index is 0.492. The fourth-order valence-electron chi connectivity index (χ4n) is 3.85. The van der Waals surface area contributed by atoms with Gasteiger partial charge in [0.15, 0.2) is 5.13 Å². The first kappa shape index (κ1) is 15.3. The standard InChI is InChI=1S/C17H29N3S/c1-3-18-14-10-7-11-15-16(14)19-17(21-15)20(2)12-13-8-5-4-6-9-13/h13-14,18H,3-12H2,1-2H3. The summed E-state index contributed by atoms with van der Waals surface area (Å²) in [5.41, 5.74) is 1.35. The molecule has 1 N–H and O–H groups in total. The molecule has 0 amide bonds. The van der Waals surface area contributed by atoms with Gasteiger partial charge in [0.25, 0.3) is 0 Å². The highest BCUT2D eigenvalue weighted by atomic mass is 32.1. The Kier molecular flexibility index (Phi) is 5.17. The summed E-state index contributed by atoms with van der Waals surface area (Å²) < 4.78 is 0. The van der Waals surface area contributed by atoms with Crippen LogP contribution in [0.25, 0.3) is 0 Å². The molecule has 1 aromatic rings. The van der Waals surface area contributed by atoms with Gasteiger partial charge in [-0.15, -0.1) is 11.3 Å². The van der Waals surface area contributed by atoms with Crippen LogP contribution in [0, 0.1) is 5.92 Å². The lowest BCUT2D eigenvalue weighted by Gasteiger charge is -2.26. The number of fused-ring (bicyclic) bond motifs is 1. The van der Waals surface area contributed by atoms with Crippen LogP contribution in [0.5, 0.6) is 0 Å². The number of aryl methyl sites for hydroxylation is 1. The molecule has 2 aliphatic carbocycles. The Morgan fingerprint density at radius 3 is 2.76 bits per heavy atom. The average Bonchev–Trinajstić information content (AvgIpc) is 2.94. The predicted molar refractivity (Wildman–Crippen MR) is 91.3 cm³/mol. The van der Waals surface area contributed by atoms with Crippen molar-refractivity contribution in [2.45, 2.75) is 64.3 Å². The molecule has 0 spiro atoms. The molecule has 1 aromatic heterocycles. The normalized spacial score (nSPS) is 23.0. The third-order valence-corrected chi connectivity index (χ3v) is 6.22. The van der Waals surface area contributed by atoms with Crippen LogP contribution in [0.3, 0.4) is 0 Å². The van der Waals surface area contributed by atoms with E-state index in [4.69, 9.17) is 4.98 Å². The number of nitrogens with zero attached hydrogens (tertiary/aromatic N) is 2. The number of hydrogen-bond donors (Lipinski definition) is 1. The van der Waals surface area contributed by atoms with Crippen LogP contribution in [-0.4, -0.2) is 25.1 Å². The van der Waals surface area contributed by atoms with E-state index in [1.165, 1.54) is 73.6 Å². The lowest BCUT2D eigenvalue weighted by atomic mass is 9.89. The van der Waals surface area contributed by atoms with Crippen LogP contribution in [0.2, 0.25) is 0 Å². The summed E-state index contributed by atoms with van der Waals surface area (Å²) in [6.45, 7) is 4.42. The first-order chi connectivity index (χ1) is 10.3. The molecule has 0 aromatic carbocycles. The first-order valence-corrected chi connectivity index (χ1v) is 9.53. The number of hydrogen-bond acceptors (Lipinski definition) is 4. The number of nitrogens with one attached hydrogen (secondary N) is 1. The number of rotatable bonds is 5. The van der Waals surface area contributed by atoms with Gasteiger partial charge < -0.3 is 10.2 Å². The van der Waals surface area contributed by atoms with Crippen molar-refractivity contribution in [2.75, 3.05) is 25.0 Å². The second kappa shape index (κ2) is 7.10. The lowest BCUT2D eigenvalue weighted by Crippen LogP contribution is -2.27. The van der Waals surface area contributed by atoms with Gasteiger partial charge >= 0.3 is 0 Å². The van der Waals surface area contributed by atoms with E-state index >= 15 is 0 Å². The number of aromatic nitrogens is 1. The zero-order chi connectivity index (χ0) is 14.7. The van der Waals surface area contributed by atoms with Crippen molar-refractivity contribution in [3.8, 4) is 0 Å². The second-order valence-corrected chi connectivity index (χ2v) is 7.75. The largest absolute Gasteiger partial charge is 0.351 e. The monoisotopic (exact) mass is 307 g/mol. The summed E-state index contributed by atoms with van der Waals surface area (Å²) in [6.07, 6.45) is 10.9. The van der Waals surface area contributed by atoms with Gasteiger partial charge in [-0.3, -0.25) is 0 Å². The third-order valence-electron chi connectivity index (χ3n) is 4.98.